The highest BCUT2D eigenvalue weighted by Gasteiger charge is 2.42. The van der Waals surface area contributed by atoms with Crippen LogP contribution in [0.2, 0.25) is 5.02 Å². The lowest BCUT2D eigenvalue weighted by molar-refractivity contribution is 0.0389. The van der Waals surface area contributed by atoms with Gasteiger partial charge < -0.3 is 14.8 Å². The standard InChI is InChI=1S/C25H27ClN6O5S/c1-4-30-24(34)31(14-16-6-8-17(26)9-7-16)22(32(27)25(30)35)29-18-10-12-19(13-11-18)37-23-28-15(3)20(38-23)21(33)36-5-2/h6-13,22,29H,4-5,14,27H2,1-3H3. The molecule has 0 aliphatic carbocycles. The highest BCUT2D eigenvalue weighted by molar-refractivity contribution is 7.15. The average molecular weight is 559 g/mol. The van der Waals surface area contributed by atoms with E-state index in [0.29, 0.717) is 32.2 Å². The molecule has 0 saturated carbocycles. The number of nitrogens with zero attached hydrogens (tertiary/aromatic N) is 4. The van der Waals surface area contributed by atoms with Gasteiger partial charge in [0, 0.05) is 17.3 Å². The lowest BCUT2D eigenvalue weighted by atomic mass is 10.2. The number of aryl methyl sites for hydroxylation is 1. The number of nitrogens with two attached hydrogens (primary N) is 1. The molecule has 1 unspecified atom stereocenters. The monoisotopic (exact) mass is 558 g/mol. The topological polar surface area (TPSA) is 130 Å². The SMILES string of the molecule is CCOC(=O)c1sc(Oc2ccc(NC3N(N)C(=O)N(CC)C(=O)N3Cc3ccc(Cl)cc3)cc2)nc1C. The maximum atomic E-state index is 13.2. The van der Waals surface area contributed by atoms with Crippen molar-refractivity contribution in [1.29, 1.82) is 0 Å². The summed E-state index contributed by atoms with van der Waals surface area (Å²) in [7, 11) is 0. The third-order valence-corrected chi connectivity index (χ3v) is 6.93. The number of halogens is 1. The molecule has 1 saturated heterocycles. The second-order valence-corrected chi connectivity index (χ2v) is 9.63. The summed E-state index contributed by atoms with van der Waals surface area (Å²) in [5.74, 6) is 6.20. The van der Waals surface area contributed by atoms with Crippen LogP contribution in [0, 0.1) is 6.92 Å². The Morgan fingerprint density at radius 2 is 1.79 bits per heavy atom. The summed E-state index contributed by atoms with van der Waals surface area (Å²) in [4.78, 5) is 45.2. The second-order valence-electron chi connectivity index (χ2n) is 8.23. The number of aromatic nitrogens is 1. The van der Waals surface area contributed by atoms with E-state index in [1.54, 1.807) is 69.3 Å². The number of nitrogens with one attached hydrogen (secondary N) is 1. The normalized spacial score (nSPS) is 15.6. The number of hydrogen-bond acceptors (Lipinski definition) is 9. The molecule has 1 aromatic heterocycles. The van der Waals surface area contributed by atoms with Gasteiger partial charge in [0.15, 0.2) is 0 Å². The van der Waals surface area contributed by atoms with E-state index in [0.717, 1.165) is 26.8 Å². The van der Waals surface area contributed by atoms with Gasteiger partial charge in [0.2, 0.25) is 6.29 Å². The number of hydrazine groups is 1. The number of rotatable bonds is 9. The van der Waals surface area contributed by atoms with Gasteiger partial charge in [-0.15, -0.1) is 0 Å². The lowest BCUT2D eigenvalue weighted by Gasteiger charge is -2.45. The summed E-state index contributed by atoms with van der Waals surface area (Å²) in [6.07, 6.45) is -0.950. The van der Waals surface area contributed by atoms with E-state index in [2.05, 4.69) is 10.3 Å². The molecule has 38 heavy (non-hydrogen) atoms. The number of esters is 1. The van der Waals surface area contributed by atoms with Gasteiger partial charge in [0.1, 0.15) is 10.6 Å². The largest absolute Gasteiger partial charge is 0.462 e. The Hall–Kier alpha value is -3.87. The van der Waals surface area contributed by atoms with Crippen LogP contribution in [-0.4, -0.2) is 57.3 Å². The number of imide groups is 1. The van der Waals surface area contributed by atoms with Crippen molar-refractivity contribution in [3.63, 3.8) is 0 Å². The Bertz CT molecular complexity index is 1320. The predicted octanol–water partition coefficient (Wildman–Crippen LogP) is 5.02. The van der Waals surface area contributed by atoms with E-state index >= 15 is 0 Å². The molecule has 0 bridgehead atoms. The summed E-state index contributed by atoms with van der Waals surface area (Å²) in [6.45, 7) is 5.79. The molecular formula is C25H27ClN6O5S. The van der Waals surface area contributed by atoms with Crippen LogP contribution in [0.3, 0.4) is 0 Å². The van der Waals surface area contributed by atoms with Gasteiger partial charge in [-0.05, 0) is 62.7 Å². The first kappa shape index (κ1) is 27.2. The van der Waals surface area contributed by atoms with Crippen LogP contribution < -0.4 is 15.9 Å². The fraction of sp³-hybridized carbons (Fsp3) is 0.280. The molecule has 3 N–H and O–H groups in total. The highest BCUT2D eigenvalue weighted by atomic mass is 35.5. The van der Waals surface area contributed by atoms with Crippen molar-refractivity contribution in [3.05, 3.63) is 69.7 Å². The molecule has 2 aromatic carbocycles. The number of ether oxygens (including phenoxy) is 2. The van der Waals surface area contributed by atoms with Crippen molar-refractivity contribution in [2.45, 2.75) is 33.6 Å². The number of carbonyl (C=O) groups excluding carboxylic acids is 3. The molecule has 13 heteroatoms. The number of hydrogen-bond donors (Lipinski definition) is 2. The van der Waals surface area contributed by atoms with Gasteiger partial charge in [0.25, 0.3) is 5.19 Å². The Morgan fingerprint density at radius 3 is 2.42 bits per heavy atom. The van der Waals surface area contributed by atoms with Crippen molar-refractivity contribution in [2.75, 3.05) is 18.5 Å². The summed E-state index contributed by atoms with van der Waals surface area (Å²) in [6, 6.07) is 12.8. The van der Waals surface area contributed by atoms with Crippen LogP contribution in [0.1, 0.15) is 34.8 Å². The predicted molar refractivity (Wildman–Crippen MR) is 143 cm³/mol. The minimum Gasteiger partial charge on any atom is -0.462 e. The Labute approximate surface area is 228 Å². The molecule has 0 radical (unpaired) electrons. The fourth-order valence-corrected chi connectivity index (χ4v) is 4.72. The van der Waals surface area contributed by atoms with E-state index < -0.39 is 24.3 Å². The first-order valence-corrected chi connectivity index (χ1v) is 13.0. The van der Waals surface area contributed by atoms with Gasteiger partial charge in [-0.25, -0.2) is 35.1 Å². The summed E-state index contributed by atoms with van der Waals surface area (Å²) in [5, 5.41) is 5.02. The van der Waals surface area contributed by atoms with Gasteiger partial charge in [-0.3, -0.25) is 4.90 Å². The number of thiazole rings is 1. The van der Waals surface area contributed by atoms with Crippen molar-refractivity contribution >= 4 is 46.7 Å². The van der Waals surface area contributed by atoms with Crippen molar-refractivity contribution in [2.24, 2.45) is 5.84 Å². The van der Waals surface area contributed by atoms with Crippen molar-refractivity contribution < 1.29 is 23.9 Å². The zero-order valence-electron chi connectivity index (χ0n) is 21.0. The van der Waals surface area contributed by atoms with Crippen molar-refractivity contribution in [1.82, 2.24) is 19.8 Å². The van der Waals surface area contributed by atoms with Gasteiger partial charge in [0.05, 0.1) is 18.8 Å². The average Bonchev–Trinajstić information content (AvgIpc) is 3.27. The van der Waals surface area contributed by atoms with Crippen LogP contribution in [0.15, 0.2) is 48.5 Å². The number of urea groups is 2. The first-order chi connectivity index (χ1) is 18.2. The number of carbonyl (C=O) groups is 3. The van der Waals surface area contributed by atoms with E-state index in [1.165, 1.54) is 4.90 Å². The fourth-order valence-electron chi connectivity index (χ4n) is 3.76. The molecule has 3 aromatic rings. The maximum absolute atomic E-state index is 13.2. The molecule has 0 spiro atoms. The number of amides is 4. The molecular weight excluding hydrogens is 532 g/mol. The minimum atomic E-state index is -0.950. The number of anilines is 1. The first-order valence-electron chi connectivity index (χ1n) is 11.8. The summed E-state index contributed by atoms with van der Waals surface area (Å²) >= 11 is 7.10. The van der Waals surface area contributed by atoms with Crippen molar-refractivity contribution in [3.8, 4) is 10.9 Å². The maximum Gasteiger partial charge on any atom is 0.350 e. The zero-order chi connectivity index (χ0) is 27.4. The van der Waals surface area contributed by atoms with Gasteiger partial charge >= 0.3 is 18.0 Å². The van der Waals surface area contributed by atoms with E-state index in [-0.39, 0.29) is 19.7 Å². The minimum absolute atomic E-state index is 0.176. The third-order valence-electron chi connectivity index (χ3n) is 5.66. The quantitative estimate of drug-likeness (QED) is 0.213. The lowest BCUT2D eigenvalue weighted by Crippen LogP contribution is -2.70. The molecule has 11 nitrogen and oxygen atoms in total. The van der Waals surface area contributed by atoms with E-state index in [9.17, 15) is 14.4 Å². The molecule has 2 heterocycles. The van der Waals surface area contributed by atoms with Crippen LogP contribution in [0.25, 0.3) is 0 Å². The summed E-state index contributed by atoms with van der Waals surface area (Å²) in [5.41, 5.74) is 1.93. The molecule has 200 valence electrons. The van der Waals surface area contributed by atoms with Crippen LogP contribution in [-0.2, 0) is 11.3 Å². The molecule has 1 atom stereocenters. The molecule has 1 fully saturated rings. The zero-order valence-corrected chi connectivity index (χ0v) is 22.6. The Kier molecular flexibility index (Phi) is 8.35. The van der Waals surface area contributed by atoms with Gasteiger partial charge in [-0.2, -0.15) is 0 Å². The molecule has 4 rings (SSSR count). The Balaban J connectivity index is 1.51. The van der Waals surface area contributed by atoms with Crippen LogP contribution in [0.4, 0.5) is 15.3 Å². The molecule has 1 aliphatic heterocycles. The highest BCUT2D eigenvalue weighted by Crippen LogP contribution is 2.31. The van der Waals surface area contributed by atoms with E-state index in [1.807, 2.05) is 0 Å². The van der Waals surface area contributed by atoms with Gasteiger partial charge in [-0.1, -0.05) is 35.1 Å². The number of benzene rings is 2. The van der Waals surface area contributed by atoms with E-state index in [4.69, 9.17) is 26.9 Å². The molecule has 4 amide bonds. The third kappa shape index (κ3) is 5.82. The van der Waals surface area contributed by atoms with Crippen LogP contribution >= 0.6 is 22.9 Å². The Morgan fingerprint density at radius 1 is 1.11 bits per heavy atom. The van der Waals surface area contributed by atoms with Crippen LogP contribution in [0.5, 0.6) is 10.9 Å². The smallest absolute Gasteiger partial charge is 0.350 e. The second kappa shape index (κ2) is 11.7. The summed E-state index contributed by atoms with van der Waals surface area (Å²) < 4.78 is 10.8. The molecule has 1 aliphatic rings.